The van der Waals surface area contributed by atoms with Crippen molar-refractivity contribution < 1.29 is 9.84 Å². The molecule has 0 bridgehead atoms. The third-order valence-corrected chi connectivity index (χ3v) is 5.34. The van der Waals surface area contributed by atoms with Gasteiger partial charge in [-0.3, -0.25) is 4.90 Å². The Morgan fingerprint density at radius 2 is 1.86 bits per heavy atom. The van der Waals surface area contributed by atoms with Crippen molar-refractivity contribution in [2.75, 3.05) is 23.7 Å². The van der Waals surface area contributed by atoms with Crippen molar-refractivity contribution >= 4 is 28.3 Å². The molecule has 4 rings (SSSR count). The minimum Gasteiger partial charge on any atom is -0.496 e. The first-order valence-electron chi connectivity index (χ1n) is 9.45. The maximum atomic E-state index is 10.5. The van der Waals surface area contributed by atoms with Gasteiger partial charge in [0.25, 0.3) is 0 Å². The van der Waals surface area contributed by atoms with Crippen molar-refractivity contribution in [1.29, 1.82) is 0 Å². The number of anilines is 2. The Morgan fingerprint density at radius 1 is 1.11 bits per heavy atom. The Kier molecular flexibility index (Phi) is 4.41. The van der Waals surface area contributed by atoms with Crippen LogP contribution in [0.25, 0.3) is 10.9 Å². The van der Waals surface area contributed by atoms with Crippen molar-refractivity contribution in [1.82, 2.24) is 4.57 Å². The van der Waals surface area contributed by atoms with E-state index in [1.165, 1.54) is 16.5 Å². The second-order valence-corrected chi connectivity index (χ2v) is 7.57. The molecule has 2 aromatic carbocycles. The molecule has 1 aliphatic rings. The van der Waals surface area contributed by atoms with Gasteiger partial charge in [0.15, 0.2) is 0 Å². The van der Waals surface area contributed by atoms with Crippen LogP contribution < -0.4 is 14.6 Å². The largest absolute Gasteiger partial charge is 0.496 e. The molecule has 1 aliphatic heterocycles. The van der Waals surface area contributed by atoms with Gasteiger partial charge in [-0.15, -0.1) is 5.10 Å². The fraction of sp³-hybridized carbons (Fsp3) is 0.318. The van der Waals surface area contributed by atoms with Crippen molar-refractivity contribution in [3.8, 4) is 5.75 Å². The number of aromatic nitrogens is 1. The number of benzene rings is 2. The van der Waals surface area contributed by atoms with Crippen LogP contribution in [0.15, 0.2) is 47.7 Å². The van der Waals surface area contributed by atoms with Crippen LogP contribution in [0.5, 0.6) is 5.75 Å². The lowest BCUT2D eigenvalue weighted by molar-refractivity contribution is 0.407. The van der Waals surface area contributed by atoms with E-state index in [0.29, 0.717) is 12.6 Å². The van der Waals surface area contributed by atoms with E-state index in [-0.39, 0.29) is 6.02 Å². The van der Waals surface area contributed by atoms with Gasteiger partial charge in [-0.1, -0.05) is 13.8 Å². The highest BCUT2D eigenvalue weighted by atomic mass is 16.5. The number of hydrogen-bond donors (Lipinski definition) is 1. The lowest BCUT2D eigenvalue weighted by Crippen LogP contribution is -2.30. The molecule has 0 fully saturated rings. The maximum Gasteiger partial charge on any atom is 0.313 e. The summed E-state index contributed by atoms with van der Waals surface area (Å²) in [6, 6.07) is 12.2. The fourth-order valence-electron chi connectivity index (χ4n) is 3.81. The molecule has 2 heterocycles. The first kappa shape index (κ1) is 18.2. The normalized spacial score (nSPS) is 14.3. The lowest BCUT2D eigenvalue weighted by Gasteiger charge is -2.21. The Morgan fingerprint density at radius 3 is 2.57 bits per heavy atom. The zero-order valence-electron chi connectivity index (χ0n) is 17.0. The molecule has 0 unspecified atom stereocenters. The van der Waals surface area contributed by atoms with Gasteiger partial charge in [0.2, 0.25) is 0 Å². The lowest BCUT2D eigenvalue weighted by atomic mass is 10.0. The van der Waals surface area contributed by atoms with Crippen LogP contribution in [-0.2, 0) is 7.05 Å². The van der Waals surface area contributed by atoms with Gasteiger partial charge in [0.1, 0.15) is 12.4 Å². The van der Waals surface area contributed by atoms with Gasteiger partial charge < -0.3 is 14.4 Å². The van der Waals surface area contributed by atoms with Gasteiger partial charge >= 0.3 is 6.02 Å². The zero-order valence-corrected chi connectivity index (χ0v) is 17.0. The van der Waals surface area contributed by atoms with Gasteiger partial charge in [-0.05, 0) is 60.4 Å². The van der Waals surface area contributed by atoms with Crippen LogP contribution in [0, 0.1) is 6.92 Å². The summed E-state index contributed by atoms with van der Waals surface area (Å²) in [6.07, 6.45) is 2.11. The number of nitrogens with zero attached hydrogens (tertiary/aromatic N) is 4. The number of fused-ring (bicyclic) bond motifs is 1. The molecule has 0 aliphatic carbocycles. The maximum absolute atomic E-state index is 10.5. The predicted octanol–water partition coefficient (Wildman–Crippen LogP) is 4.73. The molecule has 0 saturated carbocycles. The average molecular weight is 378 g/mol. The Balaban J connectivity index is 1.65. The number of amidine groups is 1. The van der Waals surface area contributed by atoms with Crippen LogP contribution in [0.2, 0.25) is 0 Å². The molecule has 3 aromatic rings. The highest BCUT2D eigenvalue weighted by Crippen LogP contribution is 2.33. The molecule has 146 valence electrons. The highest BCUT2D eigenvalue weighted by Gasteiger charge is 2.26. The average Bonchev–Trinajstić information content (AvgIpc) is 3.20. The van der Waals surface area contributed by atoms with Crippen LogP contribution in [0.4, 0.5) is 11.4 Å². The van der Waals surface area contributed by atoms with Crippen LogP contribution in [0.1, 0.15) is 30.9 Å². The molecule has 6 nitrogen and oxygen atoms in total. The predicted molar refractivity (Wildman–Crippen MR) is 115 cm³/mol. The highest BCUT2D eigenvalue weighted by molar-refractivity contribution is 5.97. The number of aliphatic hydroxyl groups is 1. The van der Waals surface area contributed by atoms with Gasteiger partial charge in [-0.25, -0.2) is 5.01 Å². The third-order valence-electron chi connectivity index (χ3n) is 5.34. The van der Waals surface area contributed by atoms with Gasteiger partial charge in [0, 0.05) is 29.8 Å². The third kappa shape index (κ3) is 2.95. The molecule has 0 radical (unpaired) electrons. The topological polar surface area (TPSA) is 53.2 Å². The molecular weight excluding hydrogens is 352 g/mol. The summed E-state index contributed by atoms with van der Waals surface area (Å²) in [4.78, 5) is 1.81. The standard InChI is InChI=1S/C22H26N4O2/c1-14(2)18-11-17(7-9-21(18)28-5)26-13-25(22(27)23-26)16-6-8-20-19(10-16)15(3)12-24(20)4/h6-12,14H,13H2,1-5H3,(H,23,27). The first-order chi connectivity index (χ1) is 13.4. The number of ether oxygens (including phenoxy) is 1. The Bertz CT molecular complexity index is 1070. The molecular formula is C22H26N4O2. The second-order valence-electron chi connectivity index (χ2n) is 7.57. The minimum atomic E-state index is -0.00477. The van der Waals surface area contributed by atoms with Crippen molar-refractivity contribution in [3.05, 3.63) is 53.7 Å². The van der Waals surface area contributed by atoms with Crippen molar-refractivity contribution in [2.24, 2.45) is 12.1 Å². The Labute approximate surface area is 165 Å². The van der Waals surface area contributed by atoms with Crippen LogP contribution in [-0.4, -0.2) is 29.5 Å². The summed E-state index contributed by atoms with van der Waals surface area (Å²) < 4.78 is 7.59. The molecule has 0 spiro atoms. The molecule has 1 N–H and O–H groups in total. The van der Waals surface area contributed by atoms with Gasteiger partial charge in [0.05, 0.1) is 12.8 Å². The summed E-state index contributed by atoms with van der Waals surface area (Å²) in [5.41, 5.74) is 5.35. The molecule has 1 aromatic heterocycles. The van der Waals surface area contributed by atoms with E-state index in [1.54, 1.807) is 7.11 Å². The number of methoxy groups -OCH3 is 1. The van der Waals surface area contributed by atoms with Gasteiger partial charge in [-0.2, -0.15) is 0 Å². The van der Waals surface area contributed by atoms with E-state index >= 15 is 0 Å². The van der Waals surface area contributed by atoms with Crippen LogP contribution in [0.3, 0.4) is 0 Å². The smallest absolute Gasteiger partial charge is 0.313 e. The molecule has 0 atom stereocenters. The number of rotatable bonds is 4. The molecule has 0 saturated heterocycles. The van der Waals surface area contributed by atoms with E-state index in [2.05, 4.69) is 54.8 Å². The zero-order chi connectivity index (χ0) is 20.0. The fourth-order valence-corrected chi connectivity index (χ4v) is 3.81. The molecule has 6 heteroatoms. The summed E-state index contributed by atoms with van der Waals surface area (Å²) in [5, 5.41) is 17.9. The number of aryl methyl sites for hydroxylation is 2. The first-order valence-corrected chi connectivity index (χ1v) is 9.45. The summed E-state index contributed by atoms with van der Waals surface area (Å²) in [5.74, 6) is 1.20. The van der Waals surface area contributed by atoms with E-state index < -0.39 is 0 Å². The second kappa shape index (κ2) is 6.78. The van der Waals surface area contributed by atoms with E-state index in [9.17, 15) is 5.11 Å². The number of aliphatic hydroxyl groups excluding tert-OH is 1. The SMILES string of the molecule is COc1ccc(N2CN(c3ccc4c(c3)c(C)cn4C)C(O)=N2)cc1C(C)C. The summed E-state index contributed by atoms with van der Waals surface area (Å²) in [6.45, 7) is 6.82. The van der Waals surface area contributed by atoms with E-state index in [4.69, 9.17) is 4.74 Å². The Hall–Kier alpha value is -3.15. The summed E-state index contributed by atoms with van der Waals surface area (Å²) >= 11 is 0. The van der Waals surface area contributed by atoms with Crippen LogP contribution >= 0.6 is 0 Å². The number of hydrogen-bond acceptors (Lipinski definition) is 4. The van der Waals surface area contributed by atoms with Crippen molar-refractivity contribution in [3.63, 3.8) is 0 Å². The van der Waals surface area contributed by atoms with Crippen molar-refractivity contribution in [2.45, 2.75) is 26.7 Å². The van der Waals surface area contributed by atoms with E-state index in [0.717, 1.165) is 22.7 Å². The molecule has 0 amide bonds. The molecule has 28 heavy (non-hydrogen) atoms. The number of hydrazone groups is 1. The van der Waals surface area contributed by atoms with E-state index in [1.807, 2.05) is 35.2 Å². The minimum absolute atomic E-state index is 0.00477. The quantitative estimate of drug-likeness (QED) is 0.713. The monoisotopic (exact) mass is 378 g/mol. The summed E-state index contributed by atoms with van der Waals surface area (Å²) in [7, 11) is 3.73.